The maximum atomic E-state index is 12.9. The molecule has 1 atom stereocenters. The predicted octanol–water partition coefficient (Wildman–Crippen LogP) is 21.7. The van der Waals surface area contributed by atoms with Crippen molar-refractivity contribution in [1.82, 2.24) is 0 Å². The Morgan fingerprint density at radius 1 is 0.268 bits per heavy atom. The Balaban J connectivity index is 4.27. The maximum Gasteiger partial charge on any atom is 0.306 e. The summed E-state index contributed by atoms with van der Waals surface area (Å²) in [4.78, 5) is 38.3. The van der Waals surface area contributed by atoms with E-state index in [1.54, 1.807) is 0 Å². The monoisotopic (exact) mass is 1000 g/mol. The van der Waals surface area contributed by atoms with Gasteiger partial charge in [-0.1, -0.05) is 315 Å². The molecule has 0 saturated carbocycles. The van der Waals surface area contributed by atoms with E-state index in [0.717, 1.165) is 64.2 Å². The van der Waals surface area contributed by atoms with Gasteiger partial charge in [0.2, 0.25) is 0 Å². The molecule has 0 fully saturated rings. The minimum Gasteiger partial charge on any atom is -0.462 e. The summed E-state index contributed by atoms with van der Waals surface area (Å²) in [6, 6.07) is 0. The van der Waals surface area contributed by atoms with Crippen molar-refractivity contribution in [3.63, 3.8) is 0 Å². The molecule has 6 nitrogen and oxygen atoms in total. The van der Waals surface area contributed by atoms with E-state index in [1.165, 1.54) is 263 Å². The number of hydrogen-bond donors (Lipinski definition) is 0. The lowest BCUT2D eigenvalue weighted by Gasteiger charge is -2.18. The van der Waals surface area contributed by atoms with Gasteiger partial charge >= 0.3 is 17.9 Å². The molecular formula is C65H124O6. The molecule has 0 aliphatic rings. The molecule has 0 bridgehead atoms. The third-order valence-electron chi connectivity index (χ3n) is 14.8. The van der Waals surface area contributed by atoms with Crippen molar-refractivity contribution >= 4 is 17.9 Å². The van der Waals surface area contributed by atoms with Crippen LogP contribution in [0.2, 0.25) is 0 Å². The van der Waals surface area contributed by atoms with Crippen molar-refractivity contribution in [2.24, 2.45) is 0 Å². The molecule has 0 N–H and O–H groups in total. The van der Waals surface area contributed by atoms with Crippen LogP contribution in [0.4, 0.5) is 0 Å². The summed E-state index contributed by atoms with van der Waals surface area (Å²) >= 11 is 0. The highest BCUT2D eigenvalue weighted by Gasteiger charge is 2.19. The summed E-state index contributed by atoms with van der Waals surface area (Å²) in [5.41, 5.74) is 0. The van der Waals surface area contributed by atoms with Crippen LogP contribution in [0.1, 0.15) is 367 Å². The number of unbranched alkanes of at least 4 members (excludes halogenated alkanes) is 47. The van der Waals surface area contributed by atoms with Gasteiger partial charge < -0.3 is 14.2 Å². The van der Waals surface area contributed by atoms with Crippen LogP contribution in [0.25, 0.3) is 0 Å². The molecule has 71 heavy (non-hydrogen) atoms. The lowest BCUT2D eigenvalue weighted by molar-refractivity contribution is -0.167. The van der Waals surface area contributed by atoms with Gasteiger partial charge in [-0.05, 0) is 44.9 Å². The molecule has 0 heterocycles. The molecule has 0 radical (unpaired) electrons. The molecular weight excluding hydrogens is 877 g/mol. The normalized spacial score (nSPS) is 12.0. The predicted molar refractivity (Wildman–Crippen MR) is 307 cm³/mol. The number of hydrogen-bond acceptors (Lipinski definition) is 6. The first-order valence-corrected chi connectivity index (χ1v) is 32.2. The van der Waals surface area contributed by atoms with E-state index in [1.807, 2.05) is 0 Å². The molecule has 0 saturated heterocycles. The Morgan fingerprint density at radius 3 is 0.704 bits per heavy atom. The van der Waals surface area contributed by atoms with E-state index in [0.29, 0.717) is 19.3 Å². The van der Waals surface area contributed by atoms with Crippen LogP contribution in [-0.4, -0.2) is 37.2 Å². The van der Waals surface area contributed by atoms with Gasteiger partial charge in [0.15, 0.2) is 6.10 Å². The fourth-order valence-corrected chi connectivity index (χ4v) is 9.91. The van der Waals surface area contributed by atoms with E-state index in [2.05, 4.69) is 32.9 Å². The first-order chi connectivity index (χ1) is 35.0. The molecule has 0 aliphatic heterocycles. The van der Waals surface area contributed by atoms with Crippen LogP contribution in [0.5, 0.6) is 0 Å². The number of carbonyl (C=O) groups is 3. The fourth-order valence-electron chi connectivity index (χ4n) is 9.91. The Kier molecular flexibility index (Phi) is 59.1. The summed E-state index contributed by atoms with van der Waals surface area (Å²) in [6.45, 7) is 6.70. The van der Waals surface area contributed by atoms with E-state index in [-0.39, 0.29) is 31.1 Å². The smallest absolute Gasteiger partial charge is 0.306 e. The lowest BCUT2D eigenvalue weighted by Crippen LogP contribution is -2.30. The molecule has 0 aliphatic carbocycles. The Morgan fingerprint density at radius 2 is 0.465 bits per heavy atom. The summed E-state index contributed by atoms with van der Waals surface area (Å²) in [7, 11) is 0. The molecule has 0 spiro atoms. The Labute approximate surface area is 443 Å². The zero-order chi connectivity index (χ0) is 51.4. The molecule has 0 aromatic rings. The van der Waals surface area contributed by atoms with E-state index >= 15 is 0 Å². The topological polar surface area (TPSA) is 78.9 Å². The number of ether oxygens (including phenoxy) is 3. The van der Waals surface area contributed by atoms with Crippen molar-refractivity contribution in [3.05, 3.63) is 12.2 Å². The average Bonchev–Trinajstić information content (AvgIpc) is 3.37. The molecule has 1 unspecified atom stereocenters. The lowest BCUT2D eigenvalue weighted by atomic mass is 10.0. The minimum absolute atomic E-state index is 0.0659. The summed E-state index contributed by atoms with van der Waals surface area (Å²) in [6.07, 6.45) is 70.7. The molecule has 0 aromatic carbocycles. The van der Waals surface area contributed by atoms with E-state index < -0.39 is 6.10 Å². The Hall–Kier alpha value is -1.85. The second kappa shape index (κ2) is 60.7. The van der Waals surface area contributed by atoms with Crippen molar-refractivity contribution in [3.8, 4) is 0 Å². The first-order valence-electron chi connectivity index (χ1n) is 32.2. The SMILES string of the molecule is CCCCCCC/C=C\CCCCCCCC(=O)OCC(COC(=O)CCCCCCCCCCCCCCCCCCCCCCC)OC(=O)CCCCCCCCCCCCCCCCCCCC. The van der Waals surface area contributed by atoms with Crippen LogP contribution in [0.15, 0.2) is 12.2 Å². The fraction of sp³-hybridized carbons (Fsp3) is 0.923. The van der Waals surface area contributed by atoms with Crippen molar-refractivity contribution < 1.29 is 28.6 Å². The standard InChI is InChI=1S/C65H124O6/c1-4-7-10-13-16-19-22-25-28-30-32-33-34-36-37-40-43-46-49-52-55-58-64(67)70-61-62(60-69-63(66)57-54-51-48-45-42-39-27-24-21-18-15-12-9-6-3)71-65(68)59-56-53-50-47-44-41-38-35-31-29-26-23-20-17-14-11-8-5-2/h24,27,62H,4-23,25-26,28-61H2,1-3H3/b27-24-. The van der Waals surface area contributed by atoms with Gasteiger partial charge in [0, 0.05) is 19.3 Å². The van der Waals surface area contributed by atoms with Crippen LogP contribution in [-0.2, 0) is 28.6 Å². The number of allylic oxidation sites excluding steroid dienone is 2. The van der Waals surface area contributed by atoms with E-state index in [4.69, 9.17) is 14.2 Å². The van der Waals surface area contributed by atoms with Gasteiger partial charge in [0.05, 0.1) is 0 Å². The second-order valence-corrected chi connectivity index (χ2v) is 22.0. The number of rotatable bonds is 60. The highest BCUT2D eigenvalue weighted by Crippen LogP contribution is 2.18. The third-order valence-corrected chi connectivity index (χ3v) is 14.8. The van der Waals surface area contributed by atoms with Gasteiger partial charge in [0.25, 0.3) is 0 Å². The zero-order valence-electron chi connectivity index (χ0n) is 48.3. The molecule has 420 valence electrons. The van der Waals surface area contributed by atoms with Gasteiger partial charge in [-0.15, -0.1) is 0 Å². The molecule has 0 aromatic heterocycles. The zero-order valence-corrected chi connectivity index (χ0v) is 48.3. The van der Waals surface area contributed by atoms with Gasteiger partial charge in [0.1, 0.15) is 13.2 Å². The Bertz CT molecular complexity index is 1100. The summed E-state index contributed by atoms with van der Waals surface area (Å²) in [5, 5.41) is 0. The third kappa shape index (κ3) is 58.9. The highest BCUT2D eigenvalue weighted by molar-refractivity contribution is 5.71. The van der Waals surface area contributed by atoms with Gasteiger partial charge in [-0.2, -0.15) is 0 Å². The molecule has 0 rings (SSSR count). The van der Waals surface area contributed by atoms with E-state index in [9.17, 15) is 14.4 Å². The van der Waals surface area contributed by atoms with Crippen LogP contribution in [0.3, 0.4) is 0 Å². The minimum atomic E-state index is -0.768. The number of carbonyl (C=O) groups excluding carboxylic acids is 3. The van der Waals surface area contributed by atoms with Crippen molar-refractivity contribution in [1.29, 1.82) is 0 Å². The highest BCUT2D eigenvalue weighted by atomic mass is 16.6. The van der Waals surface area contributed by atoms with Crippen molar-refractivity contribution in [2.45, 2.75) is 374 Å². The molecule has 0 amide bonds. The molecule has 6 heteroatoms. The summed E-state index contributed by atoms with van der Waals surface area (Å²) in [5.74, 6) is -0.844. The maximum absolute atomic E-state index is 12.9. The van der Waals surface area contributed by atoms with Crippen molar-refractivity contribution in [2.75, 3.05) is 13.2 Å². The largest absolute Gasteiger partial charge is 0.462 e. The average molecular weight is 1000 g/mol. The second-order valence-electron chi connectivity index (χ2n) is 22.0. The number of esters is 3. The van der Waals surface area contributed by atoms with Crippen LogP contribution in [0, 0.1) is 0 Å². The first kappa shape index (κ1) is 69.2. The quantitative estimate of drug-likeness (QED) is 0.0261. The van der Waals surface area contributed by atoms with Crippen LogP contribution >= 0.6 is 0 Å². The summed E-state index contributed by atoms with van der Waals surface area (Å²) < 4.78 is 16.9. The van der Waals surface area contributed by atoms with Crippen LogP contribution < -0.4 is 0 Å². The van der Waals surface area contributed by atoms with Gasteiger partial charge in [-0.25, -0.2) is 0 Å². The van der Waals surface area contributed by atoms with Gasteiger partial charge in [-0.3, -0.25) is 14.4 Å².